The van der Waals surface area contributed by atoms with Crippen LogP contribution in [0.5, 0.6) is 5.75 Å². The number of nitrogens with one attached hydrogen (secondary N) is 3. The molecule has 3 amide bonds. The van der Waals surface area contributed by atoms with Gasteiger partial charge in [0.15, 0.2) is 12.2 Å². The molecule has 4 aromatic rings. The van der Waals surface area contributed by atoms with Gasteiger partial charge in [-0.15, -0.1) is 0 Å². The number of benzene rings is 3. The van der Waals surface area contributed by atoms with E-state index >= 15 is 0 Å². The number of carbonyl (C=O) groups is 2. The fraction of sp³-hybridized carbons (Fsp3) is 0.115. The summed E-state index contributed by atoms with van der Waals surface area (Å²) >= 11 is 0. The lowest BCUT2D eigenvalue weighted by Gasteiger charge is -2.11. The Kier molecular flexibility index (Phi) is 7.19. The number of methoxy groups -OCH3 is 1. The van der Waals surface area contributed by atoms with Gasteiger partial charge in [0.1, 0.15) is 5.75 Å². The zero-order valence-electron chi connectivity index (χ0n) is 18.6. The molecule has 8 heteroatoms. The van der Waals surface area contributed by atoms with Crippen LogP contribution in [-0.2, 0) is 17.8 Å². The number of ether oxygens (including phenoxy) is 1. The van der Waals surface area contributed by atoms with Gasteiger partial charge in [0.2, 0.25) is 5.91 Å². The molecule has 3 aromatic carbocycles. The Morgan fingerprint density at radius 1 is 0.912 bits per heavy atom. The van der Waals surface area contributed by atoms with Crippen molar-refractivity contribution in [3.8, 4) is 17.1 Å². The molecule has 0 unspecified atom stereocenters. The summed E-state index contributed by atoms with van der Waals surface area (Å²) in [6.45, 7) is 0.331. The molecule has 172 valence electrons. The Bertz CT molecular complexity index is 1240. The van der Waals surface area contributed by atoms with Gasteiger partial charge in [-0.25, -0.2) is 9.78 Å². The highest BCUT2D eigenvalue weighted by Gasteiger charge is 2.11. The van der Waals surface area contributed by atoms with E-state index in [9.17, 15) is 9.59 Å². The summed E-state index contributed by atoms with van der Waals surface area (Å²) < 4.78 is 10.7. The Balaban J connectivity index is 1.27. The second-order valence-electron chi connectivity index (χ2n) is 7.50. The summed E-state index contributed by atoms with van der Waals surface area (Å²) in [5.74, 6) is 1.05. The number of hydrogen-bond acceptors (Lipinski definition) is 5. The predicted octanol–water partition coefficient (Wildman–Crippen LogP) is 4.85. The van der Waals surface area contributed by atoms with Gasteiger partial charge in [0.05, 0.1) is 25.3 Å². The van der Waals surface area contributed by atoms with E-state index in [0.29, 0.717) is 35.9 Å². The van der Waals surface area contributed by atoms with Crippen molar-refractivity contribution in [1.82, 2.24) is 10.3 Å². The van der Waals surface area contributed by atoms with Crippen LogP contribution in [0.15, 0.2) is 89.8 Å². The zero-order chi connectivity index (χ0) is 23.8. The summed E-state index contributed by atoms with van der Waals surface area (Å²) in [6.07, 6.45) is 3.26. The van der Waals surface area contributed by atoms with Gasteiger partial charge in [-0.3, -0.25) is 4.79 Å². The second kappa shape index (κ2) is 10.8. The van der Waals surface area contributed by atoms with Crippen LogP contribution in [0.4, 0.5) is 16.2 Å². The molecule has 1 aromatic heterocycles. The lowest BCUT2D eigenvalue weighted by atomic mass is 10.1. The Hall–Kier alpha value is -4.59. The van der Waals surface area contributed by atoms with Gasteiger partial charge in [-0.1, -0.05) is 42.5 Å². The molecule has 0 spiro atoms. The molecule has 0 saturated carbocycles. The van der Waals surface area contributed by atoms with E-state index in [1.165, 1.54) is 6.39 Å². The van der Waals surface area contributed by atoms with Crippen molar-refractivity contribution in [2.75, 3.05) is 17.7 Å². The Morgan fingerprint density at radius 3 is 2.38 bits per heavy atom. The third kappa shape index (κ3) is 6.01. The molecule has 0 bridgehead atoms. The van der Waals surface area contributed by atoms with E-state index < -0.39 is 0 Å². The first-order chi connectivity index (χ1) is 16.6. The lowest BCUT2D eigenvalue weighted by molar-refractivity contribution is -0.115. The summed E-state index contributed by atoms with van der Waals surface area (Å²) in [4.78, 5) is 28.4. The van der Waals surface area contributed by atoms with Gasteiger partial charge in [0.25, 0.3) is 0 Å². The summed E-state index contributed by atoms with van der Waals surface area (Å²) in [7, 11) is 1.55. The van der Waals surface area contributed by atoms with E-state index in [2.05, 4.69) is 20.9 Å². The van der Waals surface area contributed by atoms with E-state index in [1.807, 2.05) is 54.6 Å². The molecule has 0 radical (unpaired) electrons. The minimum Gasteiger partial charge on any atom is -0.496 e. The van der Waals surface area contributed by atoms with Crippen molar-refractivity contribution in [2.45, 2.75) is 13.0 Å². The summed E-state index contributed by atoms with van der Waals surface area (Å²) in [5, 5.41) is 8.48. The quantitative estimate of drug-likeness (QED) is 0.351. The molecule has 1 heterocycles. The summed E-state index contributed by atoms with van der Waals surface area (Å²) in [6, 6.07) is 21.8. The van der Waals surface area contributed by atoms with Crippen molar-refractivity contribution in [3.05, 3.63) is 96.5 Å². The number of anilines is 2. The average Bonchev–Trinajstić information content (AvgIpc) is 3.39. The standard InChI is InChI=1S/C26H24N4O4/c1-33-23-14-21(11-12-22(23)24-16-27-17-34-24)30-26(32)28-15-19-7-9-20(10-8-19)29-25(31)13-18-5-3-2-4-6-18/h2-12,14,16-17H,13,15H2,1H3,(H,29,31)(H2,28,30,32). The highest BCUT2D eigenvalue weighted by Crippen LogP contribution is 2.32. The van der Waals surface area contributed by atoms with Crippen LogP contribution in [-0.4, -0.2) is 24.0 Å². The molecule has 4 rings (SSSR count). The number of rotatable bonds is 8. The number of urea groups is 1. The maximum atomic E-state index is 12.3. The first-order valence-corrected chi connectivity index (χ1v) is 10.6. The van der Waals surface area contributed by atoms with Crippen LogP contribution in [0.25, 0.3) is 11.3 Å². The second-order valence-corrected chi connectivity index (χ2v) is 7.50. The molecule has 0 saturated heterocycles. The molecule has 34 heavy (non-hydrogen) atoms. The largest absolute Gasteiger partial charge is 0.496 e. The molecule has 8 nitrogen and oxygen atoms in total. The number of aromatic nitrogens is 1. The summed E-state index contributed by atoms with van der Waals surface area (Å²) in [5.41, 5.74) is 3.87. The van der Waals surface area contributed by atoms with Crippen molar-refractivity contribution >= 4 is 23.3 Å². The van der Waals surface area contributed by atoms with Crippen LogP contribution >= 0.6 is 0 Å². The molecular formula is C26H24N4O4. The fourth-order valence-corrected chi connectivity index (χ4v) is 3.37. The maximum absolute atomic E-state index is 12.3. The smallest absolute Gasteiger partial charge is 0.319 e. The minimum atomic E-state index is -0.352. The molecule has 0 aliphatic rings. The monoisotopic (exact) mass is 456 g/mol. The van der Waals surface area contributed by atoms with E-state index in [0.717, 1.165) is 16.7 Å². The molecule has 0 aliphatic heterocycles. The van der Waals surface area contributed by atoms with Crippen molar-refractivity contribution in [2.24, 2.45) is 0 Å². The van der Waals surface area contributed by atoms with Crippen molar-refractivity contribution < 1.29 is 18.7 Å². The first kappa shape index (κ1) is 22.6. The zero-order valence-corrected chi connectivity index (χ0v) is 18.6. The minimum absolute atomic E-state index is 0.0822. The predicted molar refractivity (Wildman–Crippen MR) is 130 cm³/mol. The lowest BCUT2D eigenvalue weighted by Crippen LogP contribution is -2.28. The number of hydrogen-bond donors (Lipinski definition) is 3. The van der Waals surface area contributed by atoms with Gasteiger partial charge in [0, 0.05) is 24.0 Å². The fourth-order valence-electron chi connectivity index (χ4n) is 3.37. The van der Waals surface area contributed by atoms with Gasteiger partial charge < -0.3 is 25.1 Å². The third-order valence-corrected chi connectivity index (χ3v) is 5.06. The molecule has 3 N–H and O–H groups in total. The van der Waals surface area contributed by atoms with Gasteiger partial charge in [-0.05, 0) is 35.4 Å². The van der Waals surface area contributed by atoms with E-state index in [1.54, 1.807) is 31.5 Å². The van der Waals surface area contributed by atoms with Crippen LogP contribution in [0.1, 0.15) is 11.1 Å². The first-order valence-electron chi connectivity index (χ1n) is 10.6. The van der Waals surface area contributed by atoms with Crippen molar-refractivity contribution in [3.63, 3.8) is 0 Å². The van der Waals surface area contributed by atoms with Crippen LogP contribution in [0.2, 0.25) is 0 Å². The number of amides is 3. The molecule has 0 aliphatic carbocycles. The van der Waals surface area contributed by atoms with Crippen molar-refractivity contribution in [1.29, 1.82) is 0 Å². The Labute approximate surface area is 197 Å². The normalized spacial score (nSPS) is 10.4. The average molecular weight is 457 g/mol. The maximum Gasteiger partial charge on any atom is 0.319 e. The Morgan fingerprint density at radius 2 is 1.68 bits per heavy atom. The molecule has 0 fully saturated rings. The topological polar surface area (TPSA) is 105 Å². The third-order valence-electron chi connectivity index (χ3n) is 5.06. The van der Waals surface area contributed by atoms with Gasteiger partial charge in [-0.2, -0.15) is 0 Å². The highest BCUT2D eigenvalue weighted by atomic mass is 16.5. The van der Waals surface area contributed by atoms with E-state index in [-0.39, 0.29) is 11.9 Å². The van der Waals surface area contributed by atoms with Gasteiger partial charge >= 0.3 is 6.03 Å². The number of carbonyl (C=O) groups excluding carboxylic acids is 2. The van der Waals surface area contributed by atoms with Crippen LogP contribution in [0, 0.1) is 0 Å². The number of nitrogens with zero attached hydrogens (tertiary/aromatic N) is 1. The van der Waals surface area contributed by atoms with E-state index in [4.69, 9.17) is 9.15 Å². The number of oxazole rings is 1. The molecule has 0 atom stereocenters. The van der Waals surface area contributed by atoms with Crippen LogP contribution < -0.4 is 20.7 Å². The highest BCUT2D eigenvalue weighted by molar-refractivity contribution is 5.92. The molecular weight excluding hydrogens is 432 g/mol. The SMILES string of the molecule is COc1cc(NC(=O)NCc2ccc(NC(=O)Cc3ccccc3)cc2)ccc1-c1cnco1. The van der Waals surface area contributed by atoms with Crippen LogP contribution in [0.3, 0.4) is 0 Å².